The lowest BCUT2D eigenvalue weighted by Crippen LogP contribution is -2.34. The molecule has 0 spiro atoms. The van der Waals surface area contributed by atoms with E-state index in [-0.39, 0.29) is 18.8 Å². The summed E-state index contributed by atoms with van der Waals surface area (Å²) in [5.41, 5.74) is 6.84. The summed E-state index contributed by atoms with van der Waals surface area (Å²) < 4.78 is 40.3. The molecule has 0 aromatic carbocycles. The van der Waals surface area contributed by atoms with Gasteiger partial charge < -0.3 is 5.73 Å². The molecule has 0 radical (unpaired) electrons. The van der Waals surface area contributed by atoms with Crippen LogP contribution in [0.4, 0.5) is 13.2 Å². The summed E-state index contributed by atoms with van der Waals surface area (Å²) in [6.45, 7) is 2.50. The second kappa shape index (κ2) is 5.93. The van der Waals surface area contributed by atoms with Crippen LogP contribution in [0, 0.1) is 11.8 Å². The van der Waals surface area contributed by atoms with Crippen LogP contribution in [-0.4, -0.2) is 16.0 Å². The van der Waals surface area contributed by atoms with Gasteiger partial charge in [-0.05, 0) is 32.1 Å². The lowest BCUT2D eigenvalue weighted by molar-refractivity contribution is -0.186. The van der Waals surface area contributed by atoms with Gasteiger partial charge in [-0.2, -0.15) is 18.3 Å². The van der Waals surface area contributed by atoms with Crippen molar-refractivity contribution in [2.75, 3.05) is 0 Å². The van der Waals surface area contributed by atoms with Crippen molar-refractivity contribution in [1.82, 2.24) is 9.78 Å². The molecule has 0 amide bonds. The maximum atomic E-state index is 12.9. The summed E-state index contributed by atoms with van der Waals surface area (Å²) in [5.74, 6) is -1.45. The molecule has 3 unspecified atom stereocenters. The second-order valence-corrected chi connectivity index (χ2v) is 5.79. The Kier molecular flexibility index (Phi) is 4.64. The van der Waals surface area contributed by atoms with Crippen LogP contribution in [-0.2, 0) is 6.54 Å². The molecule has 1 saturated carbocycles. The van der Waals surface area contributed by atoms with Gasteiger partial charge >= 0.3 is 6.18 Å². The van der Waals surface area contributed by atoms with E-state index in [4.69, 9.17) is 17.3 Å². The van der Waals surface area contributed by atoms with E-state index in [1.165, 1.54) is 6.20 Å². The first kappa shape index (κ1) is 15.6. The zero-order valence-corrected chi connectivity index (χ0v) is 12.1. The van der Waals surface area contributed by atoms with E-state index in [0.717, 1.165) is 0 Å². The lowest BCUT2D eigenvalue weighted by atomic mass is 9.77. The van der Waals surface area contributed by atoms with Crippen molar-refractivity contribution in [3.63, 3.8) is 0 Å². The largest absolute Gasteiger partial charge is 0.391 e. The molecule has 114 valence electrons. The number of hydrogen-bond donors (Lipinski definition) is 1. The van der Waals surface area contributed by atoms with E-state index >= 15 is 0 Å². The van der Waals surface area contributed by atoms with Crippen LogP contribution in [0.2, 0.25) is 5.02 Å². The summed E-state index contributed by atoms with van der Waals surface area (Å²) in [4.78, 5) is 0. The van der Waals surface area contributed by atoms with Gasteiger partial charge in [0.1, 0.15) is 0 Å². The third kappa shape index (κ3) is 3.11. The molecule has 2 rings (SSSR count). The van der Waals surface area contributed by atoms with Crippen molar-refractivity contribution in [2.45, 2.75) is 51.4 Å². The Bertz CT molecular complexity index is 458. The van der Waals surface area contributed by atoms with Gasteiger partial charge in [0, 0.05) is 6.54 Å². The zero-order valence-electron chi connectivity index (χ0n) is 11.3. The first-order valence-corrected chi connectivity index (χ1v) is 7.25. The smallest absolute Gasteiger partial charge is 0.322 e. The van der Waals surface area contributed by atoms with E-state index in [1.54, 1.807) is 4.68 Å². The van der Waals surface area contributed by atoms with Crippen LogP contribution >= 0.6 is 11.6 Å². The Morgan fingerprint density at radius 1 is 1.50 bits per heavy atom. The van der Waals surface area contributed by atoms with Crippen molar-refractivity contribution in [3.8, 4) is 0 Å². The van der Waals surface area contributed by atoms with Crippen molar-refractivity contribution in [1.29, 1.82) is 0 Å². The predicted molar refractivity (Wildman–Crippen MR) is 71.3 cm³/mol. The Morgan fingerprint density at radius 3 is 2.80 bits per heavy atom. The molecule has 1 aromatic rings. The fourth-order valence-corrected chi connectivity index (χ4v) is 3.30. The quantitative estimate of drug-likeness (QED) is 0.919. The van der Waals surface area contributed by atoms with Crippen molar-refractivity contribution in [2.24, 2.45) is 17.6 Å². The summed E-state index contributed by atoms with van der Waals surface area (Å²) in [5, 5.41) is 4.54. The Morgan fingerprint density at radius 2 is 2.20 bits per heavy atom. The molecule has 2 N–H and O–H groups in total. The molecule has 1 fully saturated rings. The summed E-state index contributed by atoms with van der Waals surface area (Å²) in [7, 11) is 0. The highest BCUT2D eigenvalue weighted by Gasteiger charge is 2.43. The number of alkyl halides is 3. The Labute approximate surface area is 121 Å². The van der Waals surface area contributed by atoms with Crippen LogP contribution in [0.3, 0.4) is 0 Å². The highest BCUT2D eigenvalue weighted by molar-refractivity contribution is 6.31. The van der Waals surface area contributed by atoms with Gasteiger partial charge in [0.05, 0.1) is 28.9 Å². The van der Waals surface area contributed by atoms with Crippen LogP contribution in [0.25, 0.3) is 0 Å². The predicted octanol–water partition coefficient (Wildman–Crippen LogP) is 3.92. The normalized spacial score (nSPS) is 25.7. The second-order valence-electron chi connectivity index (χ2n) is 5.38. The molecule has 3 nitrogen and oxygen atoms in total. The number of rotatable bonds is 3. The molecule has 1 heterocycles. The molecule has 1 aliphatic carbocycles. The summed E-state index contributed by atoms with van der Waals surface area (Å²) in [6, 6.07) is -0.491. The number of nitrogens with zero attached hydrogens (tertiary/aromatic N) is 2. The topological polar surface area (TPSA) is 43.8 Å². The monoisotopic (exact) mass is 309 g/mol. The molecule has 7 heteroatoms. The Hall–Kier alpha value is -0.750. The Balaban J connectivity index is 2.16. The third-order valence-corrected chi connectivity index (χ3v) is 4.43. The first-order chi connectivity index (χ1) is 9.34. The highest BCUT2D eigenvalue weighted by atomic mass is 35.5. The minimum Gasteiger partial charge on any atom is -0.322 e. The molecule has 0 aliphatic heterocycles. The lowest BCUT2D eigenvalue weighted by Gasteiger charge is -2.34. The standard InChI is InChI=1S/C13H19ClF3N3/c1-2-20-12(10(14)7-19-20)11(18)8-4-3-5-9(6-8)13(15,16)17/h7-9,11H,2-6,18H2,1H3. The summed E-state index contributed by atoms with van der Waals surface area (Å²) in [6.07, 6.45) is -1.08. The van der Waals surface area contributed by atoms with Crippen LogP contribution in [0.15, 0.2) is 6.20 Å². The van der Waals surface area contributed by atoms with Crippen molar-refractivity contribution < 1.29 is 13.2 Å². The number of aryl methyl sites for hydroxylation is 1. The van der Waals surface area contributed by atoms with Crippen molar-refractivity contribution >= 4 is 11.6 Å². The SMILES string of the molecule is CCn1ncc(Cl)c1C(N)C1CCCC(C(F)(F)F)C1. The van der Waals surface area contributed by atoms with Gasteiger partial charge in [0.15, 0.2) is 0 Å². The van der Waals surface area contributed by atoms with E-state index in [0.29, 0.717) is 30.1 Å². The van der Waals surface area contributed by atoms with Gasteiger partial charge in [-0.25, -0.2) is 0 Å². The minimum absolute atomic E-state index is 0.0793. The number of nitrogens with two attached hydrogens (primary N) is 1. The van der Waals surface area contributed by atoms with Crippen LogP contribution < -0.4 is 5.73 Å². The average Bonchev–Trinajstić information content (AvgIpc) is 2.78. The summed E-state index contributed by atoms with van der Waals surface area (Å²) >= 11 is 6.08. The van der Waals surface area contributed by atoms with E-state index in [9.17, 15) is 13.2 Å². The van der Waals surface area contributed by atoms with Gasteiger partial charge in [-0.15, -0.1) is 0 Å². The number of halogens is 4. The first-order valence-electron chi connectivity index (χ1n) is 6.88. The van der Waals surface area contributed by atoms with E-state index < -0.39 is 18.1 Å². The molecule has 0 saturated heterocycles. The van der Waals surface area contributed by atoms with Crippen LogP contribution in [0.5, 0.6) is 0 Å². The van der Waals surface area contributed by atoms with Crippen molar-refractivity contribution in [3.05, 3.63) is 16.9 Å². The van der Waals surface area contributed by atoms with Gasteiger partial charge in [0.2, 0.25) is 0 Å². The van der Waals surface area contributed by atoms with E-state index in [1.807, 2.05) is 6.92 Å². The third-order valence-electron chi connectivity index (χ3n) is 4.13. The van der Waals surface area contributed by atoms with Gasteiger partial charge in [0.25, 0.3) is 0 Å². The molecule has 1 aromatic heterocycles. The highest BCUT2D eigenvalue weighted by Crippen LogP contribution is 2.44. The molecule has 3 atom stereocenters. The molecular weight excluding hydrogens is 291 g/mol. The molecule has 20 heavy (non-hydrogen) atoms. The molecular formula is C13H19ClF3N3. The zero-order chi connectivity index (χ0) is 14.9. The fourth-order valence-electron chi connectivity index (χ4n) is 3.03. The van der Waals surface area contributed by atoms with Gasteiger partial charge in [-0.3, -0.25) is 4.68 Å². The molecule has 1 aliphatic rings. The molecule has 0 bridgehead atoms. The average molecular weight is 310 g/mol. The number of aromatic nitrogens is 2. The van der Waals surface area contributed by atoms with Crippen LogP contribution in [0.1, 0.15) is 44.3 Å². The number of hydrogen-bond acceptors (Lipinski definition) is 2. The fraction of sp³-hybridized carbons (Fsp3) is 0.769. The van der Waals surface area contributed by atoms with E-state index in [2.05, 4.69) is 5.10 Å². The maximum Gasteiger partial charge on any atom is 0.391 e. The maximum absolute atomic E-state index is 12.9. The van der Waals surface area contributed by atoms with Gasteiger partial charge in [-0.1, -0.05) is 18.0 Å². The minimum atomic E-state index is -4.13.